The minimum absolute atomic E-state index is 0.0512. The van der Waals surface area contributed by atoms with E-state index in [2.05, 4.69) is 11.3 Å². The van der Waals surface area contributed by atoms with Crippen LogP contribution in [0.15, 0.2) is 12.2 Å². The number of hydrogen-bond donors (Lipinski definition) is 1. The summed E-state index contributed by atoms with van der Waals surface area (Å²) in [5.41, 5.74) is 0.0512. The van der Waals surface area contributed by atoms with Gasteiger partial charge in [-0.15, -0.1) is 0 Å². The van der Waals surface area contributed by atoms with E-state index in [0.29, 0.717) is 0 Å². The Morgan fingerprint density at radius 2 is 2.40 bits per heavy atom. The minimum atomic E-state index is -1.05. The summed E-state index contributed by atoms with van der Waals surface area (Å²) in [6.07, 6.45) is 1.61. The summed E-state index contributed by atoms with van der Waals surface area (Å²) < 4.78 is 4.24. The number of rotatable bonds is 4. The van der Waals surface area contributed by atoms with Crippen molar-refractivity contribution in [2.24, 2.45) is 0 Å². The monoisotopic (exact) mass is 141 g/mol. The van der Waals surface area contributed by atoms with Crippen LogP contribution in [-0.4, -0.2) is 17.7 Å². The molecule has 0 fully saturated rings. The van der Waals surface area contributed by atoms with Gasteiger partial charge in [-0.3, -0.25) is 0 Å². The summed E-state index contributed by atoms with van der Waals surface area (Å²) in [5, 5.41) is 16.1. The maximum Gasteiger partial charge on any atom is 0.331 e. The molecular weight excluding hydrogens is 134 g/mol. The lowest BCUT2D eigenvalue weighted by molar-refractivity contribution is -0.132. The molecule has 0 aliphatic carbocycles. The van der Waals surface area contributed by atoms with Crippen LogP contribution in [-0.2, 0) is 9.53 Å². The van der Waals surface area contributed by atoms with Crippen molar-refractivity contribution in [3.8, 4) is 6.26 Å². The molecule has 4 heteroatoms. The van der Waals surface area contributed by atoms with E-state index in [1.807, 2.05) is 0 Å². The van der Waals surface area contributed by atoms with Gasteiger partial charge in [-0.2, -0.15) is 5.26 Å². The quantitative estimate of drug-likeness (QED) is 0.352. The zero-order chi connectivity index (χ0) is 7.98. The number of hydrogen-bond acceptors (Lipinski definition) is 3. The highest BCUT2D eigenvalue weighted by Gasteiger charge is 2.02. The fourth-order valence-corrected chi connectivity index (χ4v) is 0.327. The van der Waals surface area contributed by atoms with Gasteiger partial charge in [-0.1, -0.05) is 6.58 Å². The van der Waals surface area contributed by atoms with Gasteiger partial charge in [0.2, 0.25) is 0 Å². The molecule has 0 aliphatic rings. The van der Waals surface area contributed by atoms with E-state index < -0.39 is 5.97 Å². The second kappa shape index (κ2) is 4.39. The fraction of sp³-hybridized carbons (Fsp3) is 0.333. The average Bonchev–Trinajstić information content (AvgIpc) is 1.88. The van der Waals surface area contributed by atoms with E-state index >= 15 is 0 Å². The number of carboxylic acid groups (broad SMARTS) is 1. The smallest absolute Gasteiger partial charge is 0.331 e. The first-order valence-electron chi connectivity index (χ1n) is 2.60. The van der Waals surface area contributed by atoms with Crippen molar-refractivity contribution in [1.29, 1.82) is 5.26 Å². The topological polar surface area (TPSA) is 70.3 Å². The highest BCUT2D eigenvalue weighted by Crippen LogP contribution is 1.96. The Morgan fingerprint density at radius 1 is 1.80 bits per heavy atom. The van der Waals surface area contributed by atoms with Gasteiger partial charge in [0.25, 0.3) is 6.26 Å². The van der Waals surface area contributed by atoms with Gasteiger partial charge >= 0.3 is 5.97 Å². The van der Waals surface area contributed by atoms with E-state index in [-0.39, 0.29) is 18.6 Å². The van der Waals surface area contributed by atoms with Gasteiger partial charge in [0.05, 0.1) is 0 Å². The third-order valence-electron chi connectivity index (χ3n) is 0.873. The molecule has 0 amide bonds. The highest BCUT2D eigenvalue weighted by atomic mass is 16.5. The number of ether oxygens (including phenoxy) is 1. The van der Waals surface area contributed by atoms with Crippen molar-refractivity contribution in [2.45, 2.75) is 6.42 Å². The molecule has 0 aliphatic heterocycles. The van der Waals surface area contributed by atoms with Crippen LogP contribution in [0.5, 0.6) is 0 Å². The molecule has 0 saturated carbocycles. The lowest BCUT2D eigenvalue weighted by Gasteiger charge is -1.95. The molecule has 0 aromatic carbocycles. The molecule has 0 heterocycles. The summed E-state index contributed by atoms with van der Waals surface area (Å²) in [5.74, 6) is -1.05. The molecule has 0 spiro atoms. The Labute approximate surface area is 58.3 Å². The number of nitrogens with zero attached hydrogens (tertiary/aromatic N) is 1. The Kier molecular flexibility index (Phi) is 3.73. The molecule has 0 saturated heterocycles. The third-order valence-corrected chi connectivity index (χ3v) is 0.873. The van der Waals surface area contributed by atoms with Gasteiger partial charge in [0.15, 0.2) is 0 Å². The average molecular weight is 141 g/mol. The maximum absolute atomic E-state index is 10.1. The van der Waals surface area contributed by atoms with Crippen LogP contribution in [0.2, 0.25) is 0 Å². The van der Waals surface area contributed by atoms with Crippen molar-refractivity contribution in [3.05, 3.63) is 12.2 Å². The van der Waals surface area contributed by atoms with Crippen LogP contribution >= 0.6 is 0 Å². The molecule has 0 aromatic rings. The molecule has 0 aromatic heterocycles. The van der Waals surface area contributed by atoms with Gasteiger partial charge < -0.3 is 9.84 Å². The summed E-state index contributed by atoms with van der Waals surface area (Å²) in [6.45, 7) is 3.32. The van der Waals surface area contributed by atoms with Crippen LogP contribution in [0.4, 0.5) is 0 Å². The largest absolute Gasteiger partial charge is 0.478 e. The third kappa shape index (κ3) is 3.50. The van der Waals surface area contributed by atoms with Gasteiger partial charge in [0.1, 0.15) is 6.61 Å². The Bertz CT molecular complexity index is 180. The van der Waals surface area contributed by atoms with Crippen LogP contribution in [0.25, 0.3) is 0 Å². The van der Waals surface area contributed by atoms with Gasteiger partial charge in [-0.25, -0.2) is 4.79 Å². The lowest BCUT2D eigenvalue weighted by atomic mass is 10.2. The van der Waals surface area contributed by atoms with Crippen molar-refractivity contribution in [2.75, 3.05) is 6.61 Å². The molecule has 0 rings (SSSR count). The zero-order valence-electron chi connectivity index (χ0n) is 5.33. The molecule has 0 atom stereocenters. The summed E-state index contributed by atoms with van der Waals surface area (Å²) in [6, 6.07) is 0. The van der Waals surface area contributed by atoms with E-state index in [4.69, 9.17) is 10.4 Å². The Hall–Kier alpha value is -1.50. The van der Waals surface area contributed by atoms with Crippen molar-refractivity contribution >= 4 is 5.97 Å². The summed E-state index contributed by atoms with van der Waals surface area (Å²) in [7, 11) is 0. The molecule has 1 N–H and O–H groups in total. The van der Waals surface area contributed by atoms with Crippen LogP contribution in [0.3, 0.4) is 0 Å². The molecule has 0 bridgehead atoms. The molecule has 4 nitrogen and oxygen atoms in total. The second-order valence-electron chi connectivity index (χ2n) is 1.60. The number of carbonyl (C=O) groups is 1. The number of aliphatic carboxylic acids is 1. The van der Waals surface area contributed by atoms with Crippen LogP contribution in [0.1, 0.15) is 6.42 Å². The fourth-order valence-electron chi connectivity index (χ4n) is 0.327. The summed E-state index contributed by atoms with van der Waals surface area (Å²) >= 11 is 0. The van der Waals surface area contributed by atoms with Crippen molar-refractivity contribution in [1.82, 2.24) is 0 Å². The van der Waals surface area contributed by atoms with Crippen LogP contribution in [0, 0.1) is 11.5 Å². The Balaban J connectivity index is 3.43. The first-order chi connectivity index (χ1) is 4.68. The highest BCUT2D eigenvalue weighted by molar-refractivity contribution is 5.85. The van der Waals surface area contributed by atoms with Gasteiger partial charge in [-0.05, 0) is 0 Å². The first-order valence-corrected chi connectivity index (χ1v) is 2.60. The van der Waals surface area contributed by atoms with Crippen molar-refractivity contribution in [3.63, 3.8) is 0 Å². The predicted octanol–water partition coefficient (Wildman–Crippen LogP) is 0.515. The number of carboxylic acids is 1. The molecule has 54 valence electrons. The predicted molar refractivity (Wildman–Crippen MR) is 33.0 cm³/mol. The van der Waals surface area contributed by atoms with E-state index in [9.17, 15) is 4.79 Å². The number of nitriles is 1. The zero-order valence-corrected chi connectivity index (χ0v) is 5.33. The van der Waals surface area contributed by atoms with E-state index in [1.165, 1.54) is 6.26 Å². The van der Waals surface area contributed by atoms with Crippen LogP contribution < -0.4 is 0 Å². The standard InChI is InChI=1S/C6H7NO3/c1-5(6(8)9)2-3-10-4-7/h1-3H2,(H,8,9). The van der Waals surface area contributed by atoms with Gasteiger partial charge in [0, 0.05) is 12.0 Å². The molecule has 0 radical (unpaired) electrons. The molecule has 0 unspecified atom stereocenters. The summed E-state index contributed by atoms with van der Waals surface area (Å²) in [4.78, 5) is 10.1. The maximum atomic E-state index is 10.1. The minimum Gasteiger partial charge on any atom is -0.478 e. The molecular formula is C6H7NO3. The van der Waals surface area contributed by atoms with Crippen molar-refractivity contribution < 1.29 is 14.6 Å². The van der Waals surface area contributed by atoms with E-state index in [0.717, 1.165) is 0 Å². The van der Waals surface area contributed by atoms with E-state index in [1.54, 1.807) is 0 Å². The first kappa shape index (κ1) is 8.50. The normalized spacial score (nSPS) is 7.90. The SMILES string of the molecule is C=C(CCOC#N)C(=O)O. The second-order valence-corrected chi connectivity index (χ2v) is 1.60. The molecule has 10 heavy (non-hydrogen) atoms. The Morgan fingerprint density at radius 3 is 2.80 bits per heavy atom. The lowest BCUT2D eigenvalue weighted by Crippen LogP contribution is -2.01.